The summed E-state index contributed by atoms with van der Waals surface area (Å²) in [5.74, 6) is -0.441. The summed E-state index contributed by atoms with van der Waals surface area (Å²) in [6.07, 6.45) is 5.77. The number of halogens is 1. The monoisotopic (exact) mass is 246 g/mol. The van der Waals surface area contributed by atoms with Gasteiger partial charge < -0.3 is 14.2 Å². The molecular weight excluding hydrogens is 232 g/mol. The number of methoxy groups -OCH3 is 2. The number of carbonyl (C=O) groups is 1. The molecule has 1 rings (SSSR count). The molecule has 5 heteroatoms. The van der Waals surface area contributed by atoms with E-state index in [4.69, 9.17) is 25.8 Å². The zero-order chi connectivity index (χ0) is 12.0. The summed E-state index contributed by atoms with van der Waals surface area (Å²) in [5.41, 5.74) is 0. The third-order valence-electron chi connectivity index (χ3n) is 2.26. The fourth-order valence-corrected chi connectivity index (χ4v) is 1.48. The predicted octanol–water partition coefficient (Wildman–Crippen LogP) is 1.99. The molecule has 0 spiro atoms. The number of alkyl halides is 1. The van der Waals surface area contributed by atoms with Crippen LogP contribution >= 0.6 is 11.6 Å². The van der Waals surface area contributed by atoms with Crippen LogP contribution in [0.1, 0.15) is 12.8 Å². The summed E-state index contributed by atoms with van der Waals surface area (Å²) >= 11 is 5.46. The van der Waals surface area contributed by atoms with Crippen molar-refractivity contribution in [2.45, 2.75) is 18.6 Å². The number of hydrogen-bond donors (Lipinski definition) is 0. The first-order valence-electron chi connectivity index (χ1n) is 4.92. The summed E-state index contributed by atoms with van der Waals surface area (Å²) in [4.78, 5) is 11.4. The lowest BCUT2D eigenvalue weighted by Gasteiger charge is -2.29. The van der Waals surface area contributed by atoms with E-state index >= 15 is 0 Å². The molecule has 0 saturated heterocycles. The second kappa shape index (κ2) is 5.92. The molecule has 0 fully saturated rings. The molecule has 1 aliphatic carbocycles. The van der Waals surface area contributed by atoms with E-state index in [1.165, 1.54) is 7.11 Å². The summed E-state index contributed by atoms with van der Waals surface area (Å²) in [6.45, 7) is 0. The minimum atomic E-state index is -1.02. The molecule has 1 atom stereocenters. The lowest BCUT2D eigenvalue weighted by Crippen LogP contribution is -2.36. The van der Waals surface area contributed by atoms with Gasteiger partial charge in [-0.25, -0.2) is 0 Å². The van der Waals surface area contributed by atoms with Crippen molar-refractivity contribution in [2.75, 3.05) is 20.1 Å². The van der Waals surface area contributed by atoms with Crippen molar-refractivity contribution >= 4 is 17.6 Å². The minimum absolute atomic E-state index is 0.168. The Hall–Kier alpha value is -1.00. The first-order chi connectivity index (χ1) is 7.65. The number of allylic oxidation sites excluding steroid dienone is 1. The smallest absolute Gasteiger partial charge is 0.309 e. The van der Waals surface area contributed by atoms with Crippen LogP contribution in [0.2, 0.25) is 0 Å². The van der Waals surface area contributed by atoms with Gasteiger partial charge in [-0.15, -0.1) is 11.6 Å². The van der Waals surface area contributed by atoms with E-state index in [2.05, 4.69) is 0 Å². The zero-order valence-electron chi connectivity index (χ0n) is 9.36. The Bertz CT molecular complexity index is 311. The Morgan fingerprint density at radius 3 is 2.75 bits per heavy atom. The molecule has 0 N–H and O–H groups in total. The second-order valence-electron chi connectivity index (χ2n) is 3.28. The van der Waals surface area contributed by atoms with Gasteiger partial charge in [0.15, 0.2) is 0 Å². The van der Waals surface area contributed by atoms with Crippen LogP contribution < -0.4 is 0 Å². The van der Waals surface area contributed by atoms with Crippen LogP contribution in [0.3, 0.4) is 0 Å². The molecule has 0 saturated carbocycles. The third kappa shape index (κ3) is 3.25. The van der Waals surface area contributed by atoms with Crippen molar-refractivity contribution < 1.29 is 19.0 Å². The maximum Gasteiger partial charge on any atom is 0.309 e. The first-order valence-corrected chi connectivity index (χ1v) is 5.45. The maximum absolute atomic E-state index is 11.4. The molecule has 90 valence electrons. The molecule has 0 aromatic heterocycles. The second-order valence-corrected chi connectivity index (χ2v) is 3.66. The van der Waals surface area contributed by atoms with E-state index in [1.54, 1.807) is 25.3 Å². The van der Waals surface area contributed by atoms with Crippen molar-refractivity contribution in [1.29, 1.82) is 0 Å². The lowest BCUT2D eigenvalue weighted by atomic mass is 10.1. The fraction of sp³-hybridized carbons (Fsp3) is 0.545. The highest BCUT2D eigenvalue weighted by atomic mass is 35.5. The third-order valence-corrected chi connectivity index (χ3v) is 2.44. The van der Waals surface area contributed by atoms with Crippen LogP contribution in [-0.2, 0) is 19.0 Å². The van der Waals surface area contributed by atoms with Crippen LogP contribution in [0.25, 0.3) is 0 Å². The predicted molar refractivity (Wildman–Crippen MR) is 60.0 cm³/mol. The Kier molecular flexibility index (Phi) is 4.83. The number of rotatable bonds is 5. The Balaban J connectivity index is 2.64. The standard InChI is InChI=1S/C11H15ClO4/c1-14-9-3-6-11(15-2,7-4-9)16-10(13)5-8-12/h3-4,6H,5,7-8H2,1-2H3. The Labute approximate surface area is 99.8 Å². The molecule has 0 radical (unpaired) electrons. The summed E-state index contributed by atoms with van der Waals surface area (Å²) in [7, 11) is 3.07. The SMILES string of the molecule is COC1=CCC(OC)(OC(=O)CCCl)C=C1. The highest BCUT2D eigenvalue weighted by Crippen LogP contribution is 2.26. The molecule has 0 amide bonds. The van der Waals surface area contributed by atoms with Crippen LogP contribution in [0.5, 0.6) is 0 Å². The van der Waals surface area contributed by atoms with Crippen molar-refractivity contribution in [1.82, 2.24) is 0 Å². The van der Waals surface area contributed by atoms with Gasteiger partial charge in [0, 0.05) is 19.4 Å². The lowest BCUT2D eigenvalue weighted by molar-refractivity contribution is -0.199. The van der Waals surface area contributed by atoms with E-state index in [0.29, 0.717) is 6.42 Å². The Morgan fingerprint density at radius 2 is 2.31 bits per heavy atom. The quantitative estimate of drug-likeness (QED) is 0.423. The number of esters is 1. The molecule has 0 heterocycles. The molecule has 0 bridgehead atoms. The molecule has 1 aliphatic rings. The fourth-order valence-electron chi connectivity index (χ4n) is 1.33. The topological polar surface area (TPSA) is 44.8 Å². The van der Waals surface area contributed by atoms with E-state index in [1.807, 2.05) is 0 Å². The van der Waals surface area contributed by atoms with Crippen LogP contribution in [0.15, 0.2) is 24.0 Å². The van der Waals surface area contributed by atoms with Gasteiger partial charge in [0.2, 0.25) is 5.79 Å². The van der Waals surface area contributed by atoms with Crippen molar-refractivity contribution in [2.24, 2.45) is 0 Å². The maximum atomic E-state index is 11.4. The van der Waals surface area contributed by atoms with Gasteiger partial charge in [-0.1, -0.05) is 0 Å². The average Bonchev–Trinajstić information content (AvgIpc) is 2.30. The van der Waals surface area contributed by atoms with Crippen molar-refractivity contribution in [3.8, 4) is 0 Å². The summed E-state index contributed by atoms with van der Waals surface area (Å²) in [5, 5.41) is 0. The number of carbonyl (C=O) groups excluding carboxylic acids is 1. The van der Waals surface area contributed by atoms with Gasteiger partial charge in [-0.2, -0.15) is 0 Å². The molecule has 0 aromatic carbocycles. The molecule has 4 nitrogen and oxygen atoms in total. The van der Waals surface area contributed by atoms with Crippen LogP contribution in [0, 0.1) is 0 Å². The minimum Gasteiger partial charge on any atom is -0.497 e. The molecule has 1 unspecified atom stereocenters. The molecule has 0 aliphatic heterocycles. The van der Waals surface area contributed by atoms with Gasteiger partial charge in [0.25, 0.3) is 0 Å². The number of ether oxygens (including phenoxy) is 3. The largest absolute Gasteiger partial charge is 0.497 e. The van der Waals surface area contributed by atoms with E-state index in [9.17, 15) is 4.79 Å². The normalized spacial score (nSPS) is 23.8. The molecular formula is C11H15ClO4. The van der Waals surface area contributed by atoms with Gasteiger partial charge in [0.1, 0.15) is 5.76 Å². The van der Waals surface area contributed by atoms with Crippen molar-refractivity contribution in [3.63, 3.8) is 0 Å². The van der Waals surface area contributed by atoms with Crippen LogP contribution in [0.4, 0.5) is 0 Å². The molecule has 0 aromatic rings. The van der Waals surface area contributed by atoms with E-state index in [0.717, 1.165) is 5.76 Å². The summed E-state index contributed by atoms with van der Waals surface area (Å²) < 4.78 is 15.5. The van der Waals surface area contributed by atoms with Gasteiger partial charge in [-0.3, -0.25) is 4.79 Å². The summed E-state index contributed by atoms with van der Waals surface area (Å²) in [6, 6.07) is 0. The average molecular weight is 247 g/mol. The number of hydrogen-bond acceptors (Lipinski definition) is 4. The zero-order valence-corrected chi connectivity index (χ0v) is 10.1. The van der Waals surface area contributed by atoms with Crippen LogP contribution in [-0.4, -0.2) is 31.9 Å². The highest BCUT2D eigenvalue weighted by Gasteiger charge is 2.32. The van der Waals surface area contributed by atoms with Gasteiger partial charge >= 0.3 is 5.97 Å². The van der Waals surface area contributed by atoms with Gasteiger partial charge in [-0.05, 0) is 18.2 Å². The Morgan fingerprint density at radius 1 is 1.56 bits per heavy atom. The van der Waals surface area contributed by atoms with E-state index in [-0.39, 0.29) is 18.3 Å². The first kappa shape index (κ1) is 13.1. The van der Waals surface area contributed by atoms with Gasteiger partial charge in [0.05, 0.1) is 13.5 Å². The molecule has 16 heavy (non-hydrogen) atoms. The highest BCUT2D eigenvalue weighted by molar-refractivity contribution is 6.18. The van der Waals surface area contributed by atoms with Crippen molar-refractivity contribution in [3.05, 3.63) is 24.0 Å². The van der Waals surface area contributed by atoms with E-state index < -0.39 is 5.79 Å².